The van der Waals surface area contributed by atoms with Crippen molar-refractivity contribution in [2.75, 3.05) is 26.2 Å². The highest BCUT2D eigenvalue weighted by atomic mass is 16.5. The number of carbonyl (C=O) groups is 1. The summed E-state index contributed by atoms with van der Waals surface area (Å²) in [7, 11) is 0. The van der Waals surface area contributed by atoms with Gasteiger partial charge >= 0.3 is 0 Å². The van der Waals surface area contributed by atoms with E-state index in [1.807, 2.05) is 0 Å². The average molecular weight is 198 g/mol. The highest BCUT2D eigenvalue weighted by Crippen LogP contribution is 2.11. The zero-order chi connectivity index (χ0) is 10.4. The monoisotopic (exact) mass is 198 g/mol. The summed E-state index contributed by atoms with van der Waals surface area (Å²) in [6.45, 7) is 6.13. The van der Waals surface area contributed by atoms with Gasteiger partial charge < -0.3 is 15.4 Å². The van der Waals surface area contributed by atoms with Gasteiger partial charge in [0.25, 0.3) is 5.91 Å². The lowest BCUT2D eigenvalue weighted by Gasteiger charge is -2.31. The van der Waals surface area contributed by atoms with Crippen LogP contribution in [0.15, 0.2) is 12.7 Å². The number of nitrogens with zero attached hydrogens (tertiary/aromatic N) is 1. The van der Waals surface area contributed by atoms with Crippen molar-refractivity contribution < 1.29 is 9.53 Å². The molecule has 0 spiro atoms. The van der Waals surface area contributed by atoms with E-state index in [0.29, 0.717) is 26.2 Å². The molecule has 80 valence electrons. The van der Waals surface area contributed by atoms with Gasteiger partial charge in [0.15, 0.2) is 0 Å². The van der Waals surface area contributed by atoms with Crippen molar-refractivity contribution in [2.24, 2.45) is 5.73 Å². The van der Waals surface area contributed by atoms with Gasteiger partial charge in [-0.2, -0.15) is 0 Å². The fourth-order valence-electron chi connectivity index (χ4n) is 1.54. The molecule has 1 unspecified atom stereocenters. The fourth-order valence-corrected chi connectivity index (χ4v) is 1.54. The minimum atomic E-state index is -0.285. The van der Waals surface area contributed by atoms with Crippen LogP contribution >= 0.6 is 0 Å². The van der Waals surface area contributed by atoms with Crippen LogP contribution in [0.3, 0.4) is 0 Å². The average Bonchev–Trinajstić information content (AvgIpc) is 2.20. The molecule has 1 aliphatic heterocycles. The van der Waals surface area contributed by atoms with Gasteiger partial charge in [-0.15, -0.1) is 6.58 Å². The number of ether oxygens (including phenoxy) is 1. The Bertz CT molecular complexity index is 206. The Morgan fingerprint density at radius 1 is 1.71 bits per heavy atom. The number of amides is 1. The van der Waals surface area contributed by atoms with Crippen molar-refractivity contribution in [3.63, 3.8) is 0 Å². The van der Waals surface area contributed by atoms with Crippen LogP contribution in [0, 0.1) is 0 Å². The topological polar surface area (TPSA) is 55.6 Å². The first-order valence-corrected chi connectivity index (χ1v) is 5.01. The Morgan fingerprint density at radius 3 is 3.14 bits per heavy atom. The van der Waals surface area contributed by atoms with E-state index >= 15 is 0 Å². The van der Waals surface area contributed by atoms with Crippen LogP contribution in [0.1, 0.15) is 12.8 Å². The Kier molecular flexibility index (Phi) is 4.62. The Morgan fingerprint density at radius 2 is 2.50 bits per heavy atom. The fraction of sp³-hybridized carbons (Fsp3) is 0.700. The van der Waals surface area contributed by atoms with E-state index < -0.39 is 0 Å². The lowest BCUT2D eigenvalue weighted by molar-refractivity contribution is -0.152. The number of nitrogens with two attached hydrogens (primary N) is 1. The third-order valence-corrected chi connectivity index (χ3v) is 2.29. The van der Waals surface area contributed by atoms with Crippen molar-refractivity contribution >= 4 is 5.91 Å². The Balaban J connectivity index is 2.43. The maximum absolute atomic E-state index is 11.7. The minimum absolute atomic E-state index is 0.0737. The smallest absolute Gasteiger partial charge is 0.252 e. The van der Waals surface area contributed by atoms with E-state index in [2.05, 4.69) is 6.58 Å². The van der Waals surface area contributed by atoms with Crippen LogP contribution in [0.2, 0.25) is 0 Å². The molecule has 1 aliphatic rings. The Hall–Kier alpha value is -0.870. The molecular weight excluding hydrogens is 180 g/mol. The predicted molar refractivity (Wildman–Crippen MR) is 54.8 cm³/mol. The first kappa shape index (κ1) is 11.2. The third kappa shape index (κ3) is 2.82. The number of hydrogen-bond donors (Lipinski definition) is 1. The van der Waals surface area contributed by atoms with Gasteiger partial charge in [0.05, 0.1) is 6.61 Å². The first-order valence-electron chi connectivity index (χ1n) is 5.01. The van der Waals surface area contributed by atoms with Crippen molar-refractivity contribution in [1.29, 1.82) is 0 Å². The van der Waals surface area contributed by atoms with Crippen molar-refractivity contribution in [3.05, 3.63) is 12.7 Å². The number of rotatable bonds is 5. The van der Waals surface area contributed by atoms with E-state index in [9.17, 15) is 4.79 Å². The molecule has 1 saturated heterocycles. The number of carbonyl (C=O) groups excluding carboxylic acids is 1. The molecule has 2 N–H and O–H groups in total. The molecule has 1 amide bonds. The highest BCUT2D eigenvalue weighted by molar-refractivity contribution is 5.81. The molecule has 0 aromatic rings. The molecule has 0 radical (unpaired) electrons. The summed E-state index contributed by atoms with van der Waals surface area (Å²) < 4.78 is 5.39. The van der Waals surface area contributed by atoms with Gasteiger partial charge in [-0.3, -0.25) is 4.79 Å². The summed E-state index contributed by atoms with van der Waals surface area (Å²) >= 11 is 0. The molecule has 1 heterocycles. The summed E-state index contributed by atoms with van der Waals surface area (Å²) in [6.07, 6.45) is 3.01. The maximum Gasteiger partial charge on any atom is 0.252 e. The van der Waals surface area contributed by atoms with Gasteiger partial charge in [0.2, 0.25) is 0 Å². The molecule has 4 heteroatoms. The summed E-state index contributed by atoms with van der Waals surface area (Å²) in [5.41, 5.74) is 5.39. The zero-order valence-corrected chi connectivity index (χ0v) is 8.45. The van der Waals surface area contributed by atoms with Gasteiger partial charge in [0.1, 0.15) is 6.10 Å². The largest absolute Gasteiger partial charge is 0.367 e. The van der Waals surface area contributed by atoms with E-state index in [-0.39, 0.29) is 12.0 Å². The molecule has 14 heavy (non-hydrogen) atoms. The molecular formula is C10H18N2O2. The molecule has 0 saturated carbocycles. The van der Waals surface area contributed by atoms with Crippen molar-refractivity contribution in [1.82, 2.24) is 4.90 Å². The van der Waals surface area contributed by atoms with Crippen LogP contribution in [0.4, 0.5) is 0 Å². The second-order valence-corrected chi connectivity index (χ2v) is 3.36. The van der Waals surface area contributed by atoms with Crippen molar-refractivity contribution in [2.45, 2.75) is 18.9 Å². The molecule has 0 bridgehead atoms. The minimum Gasteiger partial charge on any atom is -0.367 e. The molecule has 4 nitrogen and oxygen atoms in total. The predicted octanol–water partition coefficient (Wildman–Crippen LogP) is 0.139. The van der Waals surface area contributed by atoms with Crippen molar-refractivity contribution in [3.8, 4) is 0 Å². The lowest BCUT2D eigenvalue weighted by Crippen LogP contribution is -2.47. The molecule has 0 aliphatic carbocycles. The van der Waals surface area contributed by atoms with Gasteiger partial charge in [-0.25, -0.2) is 0 Å². The van der Waals surface area contributed by atoms with E-state index in [1.54, 1.807) is 11.0 Å². The maximum atomic E-state index is 11.7. The van der Waals surface area contributed by atoms with Crippen LogP contribution in [-0.2, 0) is 9.53 Å². The quantitative estimate of drug-likeness (QED) is 0.639. The standard InChI is InChI=1S/C10H18N2O2/c1-2-6-12-7-8-14-9(10(12)13)4-3-5-11/h2,9H,1,3-8,11H2. The number of morpholine rings is 1. The first-order chi connectivity index (χ1) is 6.79. The van der Waals surface area contributed by atoms with E-state index in [0.717, 1.165) is 12.8 Å². The molecule has 1 rings (SSSR count). The van der Waals surface area contributed by atoms with Crippen LogP contribution in [0.25, 0.3) is 0 Å². The van der Waals surface area contributed by atoms with Gasteiger partial charge in [0, 0.05) is 13.1 Å². The number of hydrogen-bond acceptors (Lipinski definition) is 3. The SMILES string of the molecule is C=CCN1CCOC(CCCN)C1=O. The van der Waals surface area contributed by atoms with E-state index in [1.165, 1.54) is 0 Å². The molecule has 0 aromatic heterocycles. The lowest BCUT2D eigenvalue weighted by atomic mass is 10.1. The molecule has 1 atom stereocenters. The summed E-state index contributed by atoms with van der Waals surface area (Å²) in [4.78, 5) is 13.5. The second-order valence-electron chi connectivity index (χ2n) is 3.36. The Labute approximate surface area is 84.7 Å². The summed E-state index contributed by atoms with van der Waals surface area (Å²) in [5.74, 6) is 0.0737. The van der Waals surface area contributed by atoms with Gasteiger partial charge in [-0.05, 0) is 19.4 Å². The zero-order valence-electron chi connectivity index (χ0n) is 8.45. The summed E-state index contributed by atoms with van der Waals surface area (Å²) in [5, 5.41) is 0. The third-order valence-electron chi connectivity index (χ3n) is 2.29. The molecule has 1 fully saturated rings. The molecule has 0 aromatic carbocycles. The van der Waals surface area contributed by atoms with Crippen LogP contribution in [-0.4, -0.2) is 43.2 Å². The van der Waals surface area contributed by atoms with E-state index in [4.69, 9.17) is 10.5 Å². The normalized spacial score (nSPS) is 22.5. The second kappa shape index (κ2) is 5.78. The van der Waals surface area contributed by atoms with Crippen LogP contribution in [0.5, 0.6) is 0 Å². The van der Waals surface area contributed by atoms with Gasteiger partial charge in [-0.1, -0.05) is 6.08 Å². The summed E-state index contributed by atoms with van der Waals surface area (Å²) in [6, 6.07) is 0. The van der Waals surface area contributed by atoms with Crippen LogP contribution < -0.4 is 5.73 Å². The highest BCUT2D eigenvalue weighted by Gasteiger charge is 2.27.